The van der Waals surface area contributed by atoms with E-state index in [2.05, 4.69) is 5.32 Å². The van der Waals surface area contributed by atoms with Crippen molar-refractivity contribution in [2.45, 2.75) is 46.0 Å². The normalized spacial score (nSPS) is 15.6. The molecule has 28 heavy (non-hydrogen) atoms. The van der Waals surface area contributed by atoms with Gasteiger partial charge in [0.05, 0.1) is 0 Å². The van der Waals surface area contributed by atoms with Crippen molar-refractivity contribution >= 4 is 29.2 Å². The number of hydrogen-bond acceptors (Lipinski definition) is 3. The first kappa shape index (κ1) is 20.3. The van der Waals surface area contributed by atoms with Crippen molar-refractivity contribution < 1.29 is 9.59 Å². The van der Waals surface area contributed by atoms with Crippen LogP contribution in [0.4, 0.5) is 0 Å². The maximum Gasteiger partial charge on any atom is 0.270 e. The molecule has 1 aliphatic heterocycles. The molecule has 2 heterocycles. The second-order valence-electron chi connectivity index (χ2n) is 7.39. The molecule has 1 saturated heterocycles. The molecule has 0 aliphatic carbocycles. The van der Waals surface area contributed by atoms with Crippen LogP contribution >= 0.6 is 11.3 Å². The molecule has 0 bridgehead atoms. The van der Waals surface area contributed by atoms with Gasteiger partial charge in [0.15, 0.2) is 0 Å². The second kappa shape index (κ2) is 9.69. The van der Waals surface area contributed by atoms with E-state index in [1.165, 1.54) is 6.42 Å². The van der Waals surface area contributed by atoms with Crippen LogP contribution in [0.1, 0.15) is 58.5 Å². The smallest absolute Gasteiger partial charge is 0.270 e. The number of hydrogen-bond donors (Lipinski definition) is 1. The van der Waals surface area contributed by atoms with Crippen molar-refractivity contribution in [3.63, 3.8) is 0 Å². The first-order valence-electron chi connectivity index (χ1n) is 9.97. The first-order valence-corrected chi connectivity index (χ1v) is 10.9. The van der Waals surface area contributed by atoms with Crippen LogP contribution in [-0.4, -0.2) is 29.8 Å². The van der Waals surface area contributed by atoms with Crippen LogP contribution in [0.25, 0.3) is 6.08 Å². The Morgan fingerprint density at radius 2 is 1.71 bits per heavy atom. The van der Waals surface area contributed by atoms with Gasteiger partial charge in [0.2, 0.25) is 0 Å². The molecule has 1 aromatic carbocycles. The number of amides is 2. The maximum atomic E-state index is 13.2. The summed E-state index contributed by atoms with van der Waals surface area (Å²) < 4.78 is 0. The molecule has 148 valence electrons. The number of likely N-dealkylation sites (tertiary alicyclic amines) is 1. The van der Waals surface area contributed by atoms with E-state index in [0.29, 0.717) is 11.3 Å². The van der Waals surface area contributed by atoms with Crippen molar-refractivity contribution in [1.82, 2.24) is 10.2 Å². The lowest BCUT2D eigenvalue weighted by atomic mass is 10.1. The molecule has 1 aliphatic rings. The van der Waals surface area contributed by atoms with Gasteiger partial charge >= 0.3 is 0 Å². The molecule has 0 saturated carbocycles. The van der Waals surface area contributed by atoms with Crippen LogP contribution in [0.2, 0.25) is 0 Å². The third-order valence-electron chi connectivity index (χ3n) is 5.22. The van der Waals surface area contributed by atoms with Gasteiger partial charge < -0.3 is 10.2 Å². The lowest BCUT2D eigenvalue weighted by Gasteiger charge is -2.26. The van der Waals surface area contributed by atoms with E-state index >= 15 is 0 Å². The quantitative estimate of drug-likeness (QED) is 0.745. The van der Waals surface area contributed by atoms with Gasteiger partial charge in [-0.05, 0) is 67.5 Å². The second-order valence-corrected chi connectivity index (χ2v) is 8.37. The van der Waals surface area contributed by atoms with Gasteiger partial charge in [-0.15, -0.1) is 11.3 Å². The van der Waals surface area contributed by atoms with Gasteiger partial charge in [0.25, 0.3) is 11.8 Å². The Balaban J connectivity index is 1.83. The number of carbonyl (C=O) groups is 2. The number of thiophene rings is 1. The van der Waals surface area contributed by atoms with Crippen molar-refractivity contribution in [2.75, 3.05) is 13.1 Å². The standard InChI is InChI=1S/C23H28N2O2S/c1-17-10-11-19(15-18(17)2)22(26)24-21(16-20-9-8-14-28-20)23(27)25-12-6-4-3-5-7-13-25/h8-11,14-16H,3-7,12-13H2,1-2H3,(H,24,26). The Morgan fingerprint density at radius 3 is 2.36 bits per heavy atom. The molecule has 1 fully saturated rings. The number of aryl methyl sites for hydroxylation is 2. The van der Waals surface area contributed by atoms with Crippen LogP contribution in [-0.2, 0) is 4.79 Å². The van der Waals surface area contributed by atoms with E-state index in [9.17, 15) is 9.59 Å². The summed E-state index contributed by atoms with van der Waals surface area (Å²) in [4.78, 5) is 28.9. The van der Waals surface area contributed by atoms with Crippen LogP contribution in [0, 0.1) is 13.8 Å². The van der Waals surface area contributed by atoms with Gasteiger partial charge in [-0.1, -0.05) is 31.4 Å². The lowest BCUT2D eigenvalue weighted by molar-refractivity contribution is -0.127. The minimum absolute atomic E-state index is 0.0903. The van der Waals surface area contributed by atoms with Crippen molar-refractivity contribution in [1.29, 1.82) is 0 Å². The summed E-state index contributed by atoms with van der Waals surface area (Å²) >= 11 is 1.55. The highest BCUT2D eigenvalue weighted by molar-refractivity contribution is 7.10. The highest BCUT2D eigenvalue weighted by Crippen LogP contribution is 2.17. The number of nitrogens with one attached hydrogen (secondary N) is 1. The zero-order chi connectivity index (χ0) is 19.9. The molecule has 0 radical (unpaired) electrons. The Kier molecular flexibility index (Phi) is 7.04. The van der Waals surface area contributed by atoms with Gasteiger partial charge in [0, 0.05) is 23.5 Å². The number of nitrogens with zero attached hydrogens (tertiary/aromatic N) is 1. The number of rotatable bonds is 4. The molecule has 0 atom stereocenters. The number of benzene rings is 1. The molecule has 4 nitrogen and oxygen atoms in total. The Hall–Kier alpha value is -2.40. The molecule has 3 rings (SSSR count). The van der Waals surface area contributed by atoms with Crippen molar-refractivity contribution in [2.24, 2.45) is 0 Å². The summed E-state index contributed by atoms with van der Waals surface area (Å²) in [6.07, 6.45) is 7.38. The van der Waals surface area contributed by atoms with E-state index in [-0.39, 0.29) is 11.8 Å². The molecule has 2 aromatic rings. The van der Waals surface area contributed by atoms with Crippen LogP contribution in [0.5, 0.6) is 0 Å². The van der Waals surface area contributed by atoms with Crippen LogP contribution < -0.4 is 5.32 Å². The molecule has 1 aromatic heterocycles. The summed E-state index contributed by atoms with van der Waals surface area (Å²) in [6.45, 7) is 5.50. The van der Waals surface area contributed by atoms with Crippen LogP contribution in [0.15, 0.2) is 41.4 Å². The van der Waals surface area contributed by atoms with E-state index in [0.717, 1.165) is 54.8 Å². The van der Waals surface area contributed by atoms with E-state index in [4.69, 9.17) is 0 Å². The first-order chi connectivity index (χ1) is 13.5. The summed E-state index contributed by atoms with van der Waals surface area (Å²) in [7, 11) is 0. The Bertz CT molecular complexity index is 847. The molecule has 0 spiro atoms. The summed E-state index contributed by atoms with van der Waals surface area (Å²) in [5, 5.41) is 4.86. The fraction of sp³-hybridized carbons (Fsp3) is 0.391. The average molecular weight is 397 g/mol. The third-order valence-corrected chi connectivity index (χ3v) is 6.04. The van der Waals surface area contributed by atoms with Crippen molar-refractivity contribution in [3.05, 3.63) is 63.0 Å². The minimum Gasteiger partial charge on any atom is -0.337 e. The van der Waals surface area contributed by atoms with Gasteiger partial charge in [-0.25, -0.2) is 0 Å². The van der Waals surface area contributed by atoms with Crippen LogP contribution in [0.3, 0.4) is 0 Å². The molecule has 1 N–H and O–H groups in total. The number of carbonyl (C=O) groups excluding carboxylic acids is 2. The maximum absolute atomic E-state index is 13.2. The zero-order valence-corrected chi connectivity index (χ0v) is 17.5. The van der Waals surface area contributed by atoms with Gasteiger partial charge in [-0.3, -0.25) is 9.59 Å². The predicted molar refractivity (Wildman–Crippen MR) is 115 cm³/mol. The minimum atomic E-state index is -0.244. The monoisotopic (exact) mass is 396 g/mol. The van der Waals surface area contributed by atoms with E-state index in [1.54, 1.807) is 23.5 Å². The fourth-order valence-corrected chi connectivity index (χ4v) is 4.02. The topological polar surface area (TPSA) is 49.4 Å². The predicted octanol–water partition coefficient (Wildman–Crippen LogP) is 4.93. The molecular formula is C23H28N2O2S. The third kappa shape index (κ3) is 5.32. The van der Waals surface area contributed by atoms with Gasteiger partial charge in [0.1, 0.15) is 5.70 Å². The van der Waals surface area contributed by atoms with Crippen molar-refractivity contribution in [3.8, 4) is 0 Å². The molecule has 2 amide bonds. The van der Waals surface area contributed by atoms with E-state index in [1.807, 2.05) is 48.4 Å². The average Bonchev–Trinajstić information content (AvgIpc) is 3.16. The van der Waals surface area contributed by atoms with Gasteiger partial charge in [-0.2, -0.15) is 0 Å². The zero-order valence-electron chi connectivity index (χ0n) is 16.7. The molecular weight excluding hydrogens is 368 g/mol. The highest BCUT2D eigenvalue weighted by atomic mass is 32.1. The van der Waals surface area contributed by atoms with E-state index < -0.39 is 0 Å². The SMILES string of the molecule is Cc1ccc(C(=O)NC(=Cc2cccs2)C(=O)N2CCCCCCC2)cc1C. The fourth-order valence-electron chi connectivity index (χ4n) is 3.36. The Labute approximate surface area is 171 Å². The Morgan fingerprint density at radius 1 is 1.00 bits per heavy atom. The molecule has 5 heteroatoms. The largest absolute Gasteiger partial charge is 0.337 e. The highest BCUT2D eigenvalue weighted by Gasteiger charge is 2.21. The summed E-state index contributed by atoms with van der Waals surface area (Å²) in [5.41, 5.74) is 3.13. The molecule has 0 unspecified atom stereocenters. The summed E-state index contributed by atoms with van der Waals surface area (Å²) in [5.74, 6) is -0.334. The lowest BCUT2D eigenvalue weighted by Crippen LogP contribution is -2.40. The summed E-state index contributed by atoms with van der Waals surface area (Å²) in [6, 6.07) is 9.51.